The molecule has 1 aromatic carbocycles. The molecule has 0 saturated carbocycles. The van der Waals surface area contributed by atoms with Crippen LogP contribution in [0.4, 0.5) is 4.39 Å². The van der Waals surface area contributed by atoms with Crippen LogP contribution in [-0.2, 0) is 19.1 Å². The zero-order valence-corrected chi connectivity index (χ0v) is 16.8. The minimum Gasteiger partial charge on any atom is -0.463 e. The van der Waals surface area contributed by atoms with E-state index in [-0.39, 0.29) is 43.0 Å². The van der Waals surface area contributed by atoms with Crippen molar-refractivity contribution in [2.75, 3.05) is 13.2 Å². The van der Waals surface area contributed by atoms with E-state index in [1.807, 2.05) is 13.8 Å². The fourth-order valence-corrected chi connectivity index (χ4v) is 3.25. The summed E-state index contributed by atoms with van der Waals surface area (Å²) in [5, 5.41) is 2.82. The number of amides is 2. The van der Waals surface area contributed by atoms with Gasteiger partial charge in [0.05, 0.1) is 12.2 Å². The third-order valence-corrected chi connectivity index (χ3v) is 4.89. The van der Waals surface area contributed by atoms with Crippen molar-refractivity contribution in [3.05, 3.63) is 46.9 Å². The maximum atomic E-state index is 13.7. The lowest BCUT2D eigenvalue weighted by molar-refractivity contribution is -0.141. The molecule has 2 atom stereocenters. The standard InChI is InChI=1S/C21H27FN2O4/c1-5-13(3)23-18(25)12-24-14(4)20(21(27)28-6-2)17(11-19(24)26)15-8-7-9-16(22)10-15/h7-10,13,17H,5-6,11-12H2,1-4H3,(H,23,25). The Hall–Kier alpha value is -2.70. The lowest BCUT2D eigenvalue weighted by Gasteiger charge is -2.34. The Morgan fingerprint density at radius 2 is 2.07 bits per heavy atom. The van der Waals surface area contributed by atoms with Crippen molar-refractivity contribution in [2.45, 2.75) is 52.5 Å². The van der Waals surface area contributed by atoms with Crippen molar-refractivity contribution in [2.24, 2.45) is 0 Å². The van der Waals surface area contributed by atoms with Crippen LogP contribution in [0.25, 0.3) is 0 Å². The van der Waals surface area contributed by atoms with Gasteiger partial charge in [0.2, 0.25) is 11.8 Å². The van der Waals surface area contributed by atoms with Crippen molar-refractivity contribution in [1.29, 1.82) is 0 Å². The molecule has 1 aromatic rings. The van der Waals surface area contributed by atoms with Crippen LogP contribution in [0.15, 0.2) is 35.5 Å². The Morgan fingerprint density at radius 3 is 2.68 bits per heavy atom. The van der Waals surface area contributed by atoms with Gasteiger partial charge >= 0.3 is 5.97 Å². The predicted molar refractivity (Wildman–Crippen MR) is 103 cm³/mol. The highest BCUT2D eigenvalue weighted by molar-refractivity contribution is 5.97. The molecule has 28 heavy (non-hydrogen) atoms. The molecule has 2 rings (SSSR count). The van der Waals surface area contributed by atoms with E-state index in [0.717, 1.165) is 6.42 Å². The fraction of sp³-hybridized carbons (Fsp3) is 0.476. The lowest BCUT2D eigenvalue weighted by Crippen LogP contribution is -2.45. The first-order valence-electron chi connectivity index (χ1n) is 9.51. The zero-order valence-electron chi connectivity index (χ0n) is 16.8. The molecule has 0 spiro atoms. The fourth-order valence-electron chi connectivity index (χ4n) is 3.25. The highest BCUT2D eigenvalue weighted by Gasteiger charge is 2.37. The van der Waals surface area contributed by atoms with Crippen molar-refractivity contribution in [1.82, 2.24) is 10.2 Å². The number of hydrogen-bond donors (Lipinski definition) is 1. The number of esters is 1. The normalized spacial score (nSPS) is 18.1. The summed E-state index contributed by atoms with van der Waals surface area (Å²) in [7, 11) is 0. The molecule has 0 fully saturated rings. The molecule has 2 unspecified atom stereocenters. The van der Waals surface area contributed by atoms with Gasteiger partial charge in [-0.2, -0.15) is 0 Å². The molecule has 0 aromatic heterocycles. The minimum absolute atomic E-state index is 0.0127. The van der Waals surface area contributed by atoms with Gasteiger partial charge in [-0.1, -0.05) is 19.1 Å². The second-order valence-corrected chi connectivity index (χ2v) is 6.89. The van der Waals surface area contributed by atoms with E-state index in [4.69, 9.17) is 4.74 Å². The van der Waals surface area contributed by atoms with E-state index in [1.54, 1.807) is 26.0 Å². The van der Waals surface area contributed by atoms with Crippen LogP contribution in [0.5, 0.6) is 0 Å². The van der Waals surface area contributed by atoms with Gasteiger partial charge in [0.1, 0.15) is 12.4 Å². The summed E-state index contributed by atoms with van der Waals surface area (Å²) in [5.41, 5.74) is 1.17. The van der Waals surface area contributed by atoms with Crippen molar-refractivity contribution < 1.29 is 23.5 Å². The van der Waals surface area contributed by atoms with E-state index in [1.165, 1.54) is 17.0 Å². The van der Waals surface area contributed by atoms with Crippen LogP contribution in [-0.4, -0.2) is 41.9 Å². The summed E-state index contributed by atoms with van der Waals surface area (Å²) in [6.45, 7) is 7.14. The second-order valence-electron chi connectivity index (χ2n) is 6.89. The summed E-state index contributed by atoms with van der Waals surface area (Å²) in [5.74, 6) is -2.21. The summed E-state index contributed by atoms with van der Waals surface area (Å²) in [6, 6.07) is 5.83. The molecule has 1 aliphatic heterocycles. The van der Waals surface area contributed by atoms with E-state index in [9.17, 15) is 18.8 Å². The number of benzene rings is 1. The Kier molecular flexibility index (Phi) is 7.31. The Labute approximate surface area is 164 Å². The molecule has 0 bridgehead atoms. The number of rotatable bonds is 7. The number of hydrogen-bond acceptors (Lipinski definition) is 4. The van der Waals surface area contributed by atoms with Gasteiger partial charge in [-0.3, -0.25) is 9.59 Å². The number of halogens is 1. The third kappa shape index (κ3) is 4.97. The van der Waals surface area contributed by atoms with Gasteiger partial charge < -0.3 is 15.0 Å². The lowest BCUT2D eigenvalue weighted by atomic mass is 9.83. The molecule has 2 amide bonds. The average molecular weight is 390 g/mol. The van der Waals surface area contributed by atoms with E-state index >= 15 is 0 Å². The SMILES string of the molecule is CCOC(=O)C1=C(C)N(CC(=O)NC(C)CC)C(=O)CC1c1cccc(F)c1. The van der Waals surface area contributed by atoms with Crippen molar-refractivity contribution in [3.8, 4) is 0 Å². The van der Waals surface area contributed by atoms with Crippen molar-refractivity contribution >= 4 is 17.8 Å². The minimum atomic E-state index is -0.615. The summed E-state index contributed by atoms with van der Waals surface area (Å²) < 4.78 is 18.9. The van der Waals surface area contributed by atoms with Crippen LogP contribution in [0, 0.1) is 5.82 Å². The molecular formula is C21H27FN2O4. The van der Waals surface area contributed by atoms with Gasteiger partial charge in [-0.25, -0.2) is 9.18 Å². The van der Waals surface area contributed by atoms with Crippen LogP contribution < -0.4 is 5.32 Å². The Balaban J connectivity index is 2.40. The molecule has 1 heterocycles. The van der Waals surface area contributed by atoms with E-state index in [2.05, 4.69) is 5.32 Å². The molecule has 0 radical (unpaired) electrons. The summed E-state index contributed by atoms with van der Waals surface area (Å²) >= 11 is 0. The Bertz CT molecular complexity index is 790. The number of nitrogens with one attached hydrogen (secondary N) is 1. The number of carbonyl (C=O) groups excluding carboxylic acids is 3. The first kappa shape index (κ1) is 21.6. The van der Waals surface area contributed by atoms with Gasteiger partial charge in [0, 0.05) is 24.1 Å². The smallest absolute Gasteiger partial charge is 0.336 e. The maximum Gasteiger partial charge on any atom is 0.336 e. The largest absolute Gasteiger partial charge is 0.463 e. The number of allylic oxidation sites excluding steroid dienone is 1. The van der Waals surface area contributed by atoms with Crippen LogP contribution >= 0.6 is 0 Å². The van der Waals surface area contributed by atoms with Crippen LogP contribution in [0.3, 0.4) is 0 Å². The first-order valence-corrected chi connectivity index (χ1v) is 9.51. The molecule has 1 N–H and O–H groups in total. The predicted octanol–water partition coefficient (Wildman–Crippen LogP) is 2.89. The number of carbonyl (C=O) groups is 3. The molecule has 6 nitrogen and oxygen atoms in total. The van der Waals surface area contributed by atoms with Gasteiger partial charge in [-0.05, 0) is 44.9 Å². The maximum absolute atomic E-state index is 13.7. The molecule has 0 aliphatic carbocycles. The summed E-state index contributed by atoms with van der Waals surface area (Å²) in [6.07, 6.45) is 0.732. The second kappa shape index (κ2) is 9.48. The van der Waals surface area contributed by atoms with E-state index < -0.39 is 17.7 Å². The van der Waals surface area contributed by atoms with E-state index in [0.29, 0.717) is 11.3 Å². The van der Waals surface area contributed by atoms with Gasteiger partial charge in [-0.15, -0.1) is 0 Å². The average Bonchev–Trinajstić information content (AvgIpc) is 2.64. The third-order valence-electron chi connectivity index (χ3n) is 4.89. The topological polar surface area (TPSA) is 75.7 Å². The van der Waals surface area contributed by atoms with Crippen LogP contribution in [0.1, 0.15) is 52.0 Å². The van der Waals surface area contributed by atoms with Gasteiger partial charge in [0.25, 0.3) is 0 Å². The number of nitrogens with zero attached hydrogens (tertiary/aromatic N) is 1. The molecule has 1 aliphatic rings. The highest BCUT2D eigenvalue weighted by Crippen LogP contribution is 2.37. The highest BCUT2D eigenvalue weighted by atomic mass is 19.1. The molecule has 0 saturated heterocycles. The van der Waals surface area contributed by atoms with Crippen LogP contribution in [0.2, 0.25) is 0 Å². The van der Waals surface area contributed by atoms with Crippen molar-refractivity contribution in [3.63, 3.8) is 0 Å². The molecule has 7 heteroatoms. The summed E-state index contributed by atoms with van der Waals surface area (Å²) in [4.78, 5) is 39.0. The number of ether oxygens (including phenoxy) is 1. The Morgan fingerprint density at radius 1 is 1.36 bits per heavy atom. The van der Waals surface area contributed by atoms with Gasteiger partial charge in [0.15, 0.2) is 0 Å². The first-order chi connectivity index (χ1) is 13.3. The zero-order chi connectivity index (χ0) is 20.8. The monoisotopic (exact) mass is 390 g/mol. The molecule has 152 valence electrons. The quantitative estimate of drug-likeness (QED) is 0.727. The molecular weight excluding hydrogens is 363 g/mol.